The van der Waals surface area contributed by atoms with E-state index in [1.807, 2.05) is 25.1 Å². The highest BCUT2D eigenvalue weighted by atomic mass is 79.9. The Morgan fingerprint density at radius 2 is 1.57 bits per heavy atom. The smallest absolute Gasteiger partial charge is 0.355 e. The predicted molar refractivity (Wildman–Crippen MR) is 172 cm³/mol. The number of hydrazone groups is 1. The fourth-order valence-electron chi connectivity index (χ4n) is 3.90. The van der Waals surface area contributed by atoms with Crippen LogP contribution in [-0.2, 0) is 0 Å². The molecule has 0 aliphatic heterocycles. The van der Waals surface area contributed by atoms with Gasteiger partial charge in [0.05, 0.1) is 11.2 Å². The van der Waals surface area contributed by atoms with E-state index >= 15 is 0 Å². The van der Waals surface area contributed by atoms with E-state index in [1.165, 1.54) is 17.6 Å². The van der Waals surface area contributed by atoms with Gasteiger partial charge in [-0.05, 0) is 85.3 Å². The summed E-state index contributed by atoms with van der Waals surface area (Å²) in [4.78, 5) is 38.4. The Hall–Kier alpha value is -4.02. The second-order valence-corrected chi connectivity index (χ2v) is 11.8. The average molecular weight is 681 g/mol. The first-order valence-corrected chi connectivity index (χ1v) is 14.8. The van der Waals surface area contributed by atoms with Crippen molar-refractivity contribution in [2.75, 3.05) is 5.32 Å². The lowest BCUT2D eigenvalue weighted by atomic mass is 10.1. The quantitative estimate of drug-likeness (QED) is 0.0780. The van der Waals surface area contributed by atoms with Crippen LogP contribution in [0.4, 0.5) is 5.69 Å². The summed E-state index contributed by atoms with van der Waals surface area (Å²) in [7, 11) is 0. The van der Waals surface area contributed by atoms with Crippen molar-refractivity contribution in [3.8, 4) is 5.75 Å². The van der Waals surface area contributed by atoms with Gasteiger partial charge in [0.1, 0.15) is 10.6 Å². The number of hydrogen-bond acceptors (Lipinski definition) is 6. The molecule has 42 heavy (non-hydrogen) atoms. The van der Waals surface area contributed by atoms with E-state index in [9.17, 15) is 14.4 Å². The van der Waals surface area contributed by atoms with Gasteiger partial charge < -0.3 is 10.1 Å². The van der Waals surface area contributed by atoms with Crippen LogP contribution >= 0.6 is 50.5 Å². The Balaban J connectivity index is 1.24. The number of anilines is 1. The van der Waals surface area contributed by atoms with Gasteiger partial charge in [-0.25, -0.2) is 10.2 Å². The molecule has 0 fully saturated rings. The molecule has 11 heteroatoms. The van der Waals surface area contributed by atoms with Crippen LogP contribution in [0, 0.1) is 6.92 Å². The van der Waals surface area contributed by atoms with E-state index in [0.29, 0.717) is 37.3 Å². The lowest BCUT2D eigenvalue weighted by Crippen LogP contribution is -2.18. The molecule has 5 rings (SSSR count). The third kappa shape index (κ3) is 6.88. The van der Waals surface area contributed by atoms with E-state index < -0.39 is 11.9 Å². The number of hydrogen-bond donors (Lipinski definition) is 2. The fraction of sp³-hybridized carbons (Fsp3) is 0.0323. The van der Waals surface area contributed by atoms with E-state index in [1.54, 1.807) is 66.7 Å². The van der Waals surface area contributed by atoms with E-state index in [-0.39, 0.29) is 11.7 Å². The molecule has 0 unspecified atom stereocenters. The zero-order valence-corrected chi connectivity index (χ0v) is 25.7. The van der Waals surface area contributed by atoms with Crippen LogP contribution in [0.2, 0.25) is 10.0 Å². The Bertz CT molecular complexity index is 1860. The summed E-state index contributed by atoms with van der Waals surface area (Å²) in [5, 5.41) is 8.47. The molecule has 2 amide bonds. The molecule has 0 spiro atoms. The maximum Gasteiger partial charge on any atom is 0.355 e. The molecule has 5 aromatic rings. The van der Waals surface area contributed by atoms with Crippen LogP contribution in [0.25, 0.3) is 10.1 Å². The zero-order chi connectivity index (χ0) is 29.8. The number of nitrogens with one attached hydrogen (secondary N) is 2. The Kier molecular flexibility index (Phi) is 9.03. The third-order valence-corrected chi connectivity index (χ3v) is 8.41. The van der Waals surface area contributed by atoms with E-state index in [4.69, 9.17) is 27.9 Å². The van der Waals surface area contributed by atoms with Crippen molar-refractivity contribution in [3.63, 3.8) is 0 Å². The number of rotatable bonds is 7. The predicted octanol–water partition coefficient (Wildman–Crippen LogP) is 8.51. The van der Waals surface area contributed by atoms with Crippen molar-refractivity contribution in [1.82, 2.24) is 5.43 Å². The second-order valence-electron chi connectivity index (χ2n) is 9.05. The first kappa shape index (κ1) is 29.5. The number of nitrogens with zero attached hydrogens (tertiary/aromatic N) is 1. The van der Waals surface area contributed by atoms with Gasteiger partial charge in [0.2, 0.25) is 0 Å². The van der Waals surface area contributed by atoms with Crippen molar-refractivity contribution in [3.05, 3.63) is 127 Å². The van der Waals surface area contributed by atoms with Gasteiger partial charge in [0.25, 0.3) is 11.8 Å². The SMILES string of the molecule is Cc1ccc2c(Cl)c(C(=O)Oc3ccc(Br)cc3/C=N\NC(=O)c3ccc(NC(=O)c4ccc(Cl)cc4)cc3)sc2c1. The van der Waals surface area contributed by atoms with Gasteiger partial charge in [-0.15, -0.1) is 11.3 Å². The van der Waals surface area contributed by atoms with Crippen LogP contribution in [0.15, 0.2) is 94.5 Å². The monoisotopic (exact) mass is 679 g/mol. The first-order valence-electron chi connectivity index (χ1n) is 12.4. The number of ether oxygens (including phenoxy) is 1. The summed E-state index contributed by atoms with van der Waals surface area (Å²) in [5.41, 5.74) is 5.27. The molecule has 1 heterocycles. The summed E-state index contributed by atoms with van der Waals surface area (Å²) in [6, 6.07) is 23.7. The van der Waals surface area contributed by atoms with Crippen molar-refractivity contribution < 1.29 is 19.1 Å². The highest BCUT2D eigenvalue weighted by molar-refractivity contribution is 9.10. The van der Waals surface area contributed by atoms with Crippen LogP contribution in [0.5, 0.6) is 5.75 Å². The largest absolute Gasteiger partial charge is 0.422 e. The number of amides is 2. The number of thiophene rings is 1. The molecule has 0 aliphatic carbocycles. The summed E-state index contributed by atoms with van der Waals surface area (Å²) in [6.07, 6.45) is 1.38. The van der Waals surface area contributed by atoms with Crippen molar-refractivity contribution in [1.29, 1.82) is 0 Å². The molecule has 7 nitrogen and oxygen atoms in total. The molecule has 1 aromatic heterocycles. The normalized spacial score (nSPS) is 11.0. The van der Waals surface area contributed by atoms with Crippen LogP contribution in [0.1, 0.15) is 41.5 Å². The summed E-state index contributed by atoms with van der Waals surface area (Å²) in [6.45, 7) is 1.97. The maximum atomic E-state index is 13.0. The number of carbonyl (C=O) groups is 3. The Morgan fingerprint density at radius 3 is 2.31 bits per heavy atom. The van der Waals surface area contributed by atoms with Gasteiger partial charge in [-0.3, -0.25) is 9.59 Å². The summed E-state index contributed by atoms with van der Waals surface area (Å²) in [5.74, 6) is -1.12. The third-order valence-electron chi connectivity index (χ3n) is 6.03. The maximum absolute atomic E-state index is 13.0. The van der Waals surface area contributed by atoms with Crippen LogP contribution in [0.3, 0.4) is 0 Å². The van der Waals surface area contributed by atoms with E-state index in [0.717, 1.165) is 20.1 Å². The number of esters is 1. The molecule has 0 atom stereocenters. The highest BCUT2D eigenvalue weighted by Crippen LogP contribution is 2.37. The molecular formula is C31H20BrCl2N3O4S. The standard InChI is InChI=1S/C31H20BrCl2N3O4S/c1-17-2-12-24-26(14-17)42-28(27(24)34)31(40)41-25-13-7-21(32)15-20(25)16-35-37-30(39)19-5-10-23(11-6-19)36-29(38)18-3-8-22(33)9-4-18/h2-16H,1H3,(H,36,38)(H,37,39)/b35-16-. The molecule has 0 radical (unpaired) electrons. The van der Waals surface area contributed by atoms with Gasteiger partial charge in [0, 0.05) is 42.0 Å². The molecule has 0 saturated heterocycles. The van der Waals surface area contributed by atoms with Gasteiger partial charge in [-0.1, -0.05) is 51.3 Å². The molecule has 0 aliphatic rings. The van der Waals surface area contributed by atoms with Crippen molar-refractivity contribution >= 4 is 90.2 Å². The van der Waals surface area contributed by atoms with Gasteiger partial charge in [0.15, 0.2) is 0 Å². The molecule has 0 saturated carbocycles. The number of halogens is 3. The Labute approximate surface area is 263 Å². The van der Waals surface area contributed by atoms with Crippen LogP contribution < -0.4 is 15.5 Å². The lowest BCUT2D eigenvalue weighted by molar-refractivity contribution is 0.0739. The van der Waals surface area contributed by atoms with Crippen molar-refractivity contribution in [2.24, 2.45) is 5.10 Å². The number of aryl methyl sites for hydroxylation is 1. The number of carbonyl (C=O) groups excluding carboxylic acids is 3. The fourth-order valence-corrected chi connectivity index (χ4v) is 5.89. The average Bonchev–Trinajstić information content (AvgIpc) is 3.30. The molecule has 2 N–H and O–H groups in total. The van der Waals surface area contributed by atoms with E-state index in [2.05, 4.69) is 31.8 Å². The molecule has 0 bridgehead atoms. The Morgan fingerprint density at radius 1 is 0.881 bits per heavy atom. The number of fused-ring (bicyclic) bond motifs is 1. The highest BCUT2D eigenvalue weighted by Gasteiger charge is 2.20. The topological polar surface area (TPSA) is 96.9 Å². The van der Waals surface area contributed by atoms with Gasteiger partial charge >= 0.3 is 5.97 Å². The molecule has 210 valence electrons. The van der Waals surface area contributed by atoms with Gasteiger partial charge in [-0.2, -0.15) is 5.10 Å². The molecule has 4 aromatic carbocycles. The second kappa shape index (κ2) is 12.9. The number of benzene rings is 4. The van der Waals surface area contributed by atoms with Crippen molar-refractivity contribution in [2.45, 2.75) is 6.92 Å². The summed E-state index contributed by atoms with van der Waals surface area (Å²) >= 11 is 17.0. The zero-order valence-electron chi connectivity index (χ0n) is 21.8. The van der Waals surface area contributed by atoms with Crippen LogP contribution in [-0.4, -0.2) is 24.0 Å². The lowest BCUT2D eigenvalue weighted by Gasteiger charge is -2.08. The molecular weight excluding hydrogens is 661 g/mol. The summed E-state index contributed by atoms with van der Waals surface area (Å²) < 4.78 is 7.29. The minimum atomic E-state index is -0.594. The minimum Gasteiger partial charge on any atom is -0.422 e. The first-order chi connectivity index (χ1) is 20.2. The minimum absolute atomic E-state index is 0.242.